The molecule has 0 amide bonds. The molecule has 0 N–H and O–H groups in total. The van der Waals surface area contributed by atoms with Crippen LogP contribution in [0.3, 0.4) is 0 Å². The predicted octanol–water partition coefficient (Wildman–Crippen LogP) is 19.8. The fourth-order valence-electron chi connectivity index (χ4n) is 18.9. The van der Waals surface area contributed by atoms with E-state index in [2.05, 4.69) is 79.2 Å². The third-order valence-electron chi connectivity index (χ3n) is 27.4. The molecular formula is C112H127N17O15S6. The van der Waals surface area contributed by atoms with E-state index in [1.165, 1.54) is 55.2 Å². The third-order valence-corrected chi connectivity index (χ3v) is 36.0. The Hall–Kier alpha value is -14.6. The minimum absolute atomic E-state index is 0.0366. The van der Waals surface area contributed by atoms with Gasteiger partial charge >= 0.3 is 0 Å². The molecule has 5 aromatic heterocycles. The van der Waals surface area contributed by atoms with Crippen LogP contribution in [0.1, 0.15) is 94.7 Å². The highest BCUT2D eigenvalue weighted by Crippen LogP contribution is 2.44. The van der Waals surface area contributed by atoms with Crippen molar-refractivity contribution in [2.24, 2.45) is 7.05 Å². The maximum Gasteiger partial charge on any atom is 0.236 e. The molecule has 2 fully saturated rings. The summed E-state index contributed by atoms with van der Waals surface area (Å²) in [5, 5.41) is 53.7. The summed E-state index contributed by atoms with van der Waals surface area (Å²) < 4.78 is 166. The quantitative estimate of drug-likeness (QED) is 0.0378. The SMILES string of the molecule is CCCn1c(-c2ccc(N(C)S(C)(=O)=O)cc2)c(C#N)c2ccc(OC)cc21.CCS(=O)(=O)N(C)c1ccc(-c2c(C#N)c3ccc(OC)cc3n2C)cc1.CCn1c(-c2ccc(N(C)S(=O)(=O)CCN3CCCC3)cc2)c(C#N)c2ccc(OC)cc21.CCn1c(-c2ccc(N(C)S(=O)(=O)CCN3CCSCC3)cc2)c(C#N)c2ccc(OC)cc21.COc1ccc2c(C#N)c(-c3ccc(N(C)S(C)(=O)=O)cc3)n(C(C)C)c2c1. The molecule has 0 spiro atoms. The Morgan fingerprint density at radius 1 is 0.333 bits per heavy atom. The van der Waals surface area contributed by atoms with Gasteiger partial charge in [0, 0.05) is 163 Å². The maximum absolute atomic E-state index is 12.9. The van der Waals surface area contributed by atoms with Gasteiger partial charge in [0.05, 0.1) is 178 Å². The van der Waals surface area contributed by atoms with Crippen molar-refractivity contribution in [3.63, 3.8) is 0 Å². The summed E-state index contributed by atoms with van der Waals surface area (Å²) >= 11 is 1.91. The normalized spacial score (nSPS) is 12.9. The number of likely N-dealkylation sites (tertiary alicyclic amines) is 1. The van der Waals surface area contributed by atoms with Crippen LogP contribution in [-0.4, -0.2) is 226 Å². The molecule has 2 saturated heterocycles. The summed E-state index contributed by atoms with van der Waals surface area (Å²) in [5.41, 5.74) is 19.0. The Morgan fingerprint density at radius 2 is 0.600 bits per heavy atom. The minimum Gasteiger partial charge on any atom is -0.497 e. The van der Waals surface area contributed by atoms with E-state index >= 15 is 0 Å². The van der Waals surface area contributed by atoms with E-state index < -0.39 is 50.1 Å². The van der Waals surface area contributed by atoms with E-state index in [0.29, 0.717) is 82.4 Å². The van der Waals surface area contributed by atoms with Gasteiger partial charge in [0.15, 0.2) is 0 Å². The zero-order valence-electron chi connectivity index (χ0n) is 88.0. The van der Waals surface area contributed by atoms with Crippen molar-refractivity contribution in [1.82, 2.24) is 32.6 Å². The Balaban J connectivity index is 0.000000157. The number of benzene rings is 10. The van der Waals surface area contributed by atoms with Crippen molar-refractivity contribution in [3.8, 4) is 115 Å². The maximum atomic E-state index is 12.9. The first-order chi connectivity index (χ1) is 71.6. The molecule has 38 heteroatoms. The summed E-state index contributed by atoms with van der Waals surface area (Å²) in [7, 11) is 0.960. The molecular weight excluding hydrogens is 2020 g/mol. The molecule has 0 radical (unpaired) electrons. The van der Waals surface area contributed by atoms with Crippen LogP contribution < -0.4 is 45.2 Å². The summed E-state index contributed by atoms with van der Waals surface area (Å²) in [6.45, 7) is 19.0. The summed E-state index contributed by atoms with van der Waals surface area (Å²) in [5.74, 6) is 6.03. The molecule has 10 aromatic carbocycles. The number of aryl methyl sites for hydroxylation is 4. The molecule has 0 saturated carbocycles. The molecule has 2 aliphatic rings. The van der Waals surface area contributed by atoms with Gasteiger partial charge in [-0.25, -0.2) is 42.1 Å². The Kier molecular flexibility index (Phi) is 36.3. The number of nitrogens with zero attached hydrogens (tertiary/aromatic N) is 17. The van der Waals surface area contributed by atoms with E-state index in [-0.39, 0.29) is 23.3 Å². The summed E-state index contributed by atoms with van der Waals surface area (Å²) in [6, 6.07) is 76.7. The van der Waals surface area contributed by atoms with Gasteiger partial charge in [-0.15, -0.1) is 0 Å². The minimum atomic E-state index is -3.43. The molecule has 17 rings (SSSR count). The number of hydrogen-bond acceptors (Lipinski definition) is 23. The van der Waals surface area contributed by atoms with Gasteiger partial charge in [0.1, 0.15) is 59.1 Å². The van der Waals surface area contributed by atoms with Crippen LogP contribution in [0.25, 0.3) is 111 Å². The molecule has 150 heavy (non-hydrogen) atoms. The van der Waals surface area contributed by atoms with Crippen molar-refractivity contribution in [3.05, 3.63) is 240 Å². The van der Waals surface area contributed by atoms with Gasteiger partial charge in [-0.3, -0.25) is 21.5 Å². The van der Waals surface area contributed by atoms with E-state index in [4.69, 9.17) is 23.7 Å². The van der Waals surface area contributed by atoms with Crippen LogP contribution in [0.5, 0.6) is 28.7 Å². The van der Waals surface area contributed by atoms with Crippen molar-refractivity contribution in [1.29, 1.82) is 26.3 Å². The first kappa shape index (κ1) is 113. The van der Waals surface area contributed by atoms with E-state index in [1.54, 1.807) is 93.0 Å². The topological polar surface area (TPSA) is 383 Å². The second-order valence-corrected chi connectivity index (χ2v) is 48.2. The zero-order chi connectivity index (χ0) is 109. The lowest BCUT2D eigenvalue weighted by atomic mass is 10.1. The number of anilines is 5. The second kappa shape index (κ2) is 48.3. The van der Waals surface area contributed by atoms with Crippen LogP contribution in [0.4, 0.5) is 28.4 Å². The fourth-order valence-corrected chi connectivity index (χ4v) is 24.1. The van der Waals surface area contributed by atoms with Crippen molar-refractivity contribution in [2.75, 3.05) is 173 Å². The molecule has 15 aromatic rings. The van der Waals surface area contributed by atoms with Crippen LogP contribution in [0.15, 0.2) is 212 Å². The van der Waals surface area contributed by atoms with E-state index in [0.717, 1.165) is 203 Å². The smallest absolute Gasteiger partial charge is 0.236 e. The summed E-state index contributed by atoms with van der Waals surface area (Å²) in [6.07, 6.45) is 5.53. The molecule has 2 aliphatic heterocycles. The number of thioether (sulfide) groups is 1. The molecule has 0 atom stereocenters. The lowest BCUT2D eigenvalue weighted by Crippen LogP contribution is -2.39. The highest BCUT2D eigenvalue weighted by Gasteiger charge is 2.31. The third kappa shape index (κ3) is 24.1. The number of fused-ring (bicyclic) bond motifs is 5. The lowest BCUT2D eigenvalue weighted by molar-refractivity contribution is 0.320. The van der Waals surface area contributed by atoms with Gasteiger partial charge in [-0.2, -0.15) is 38.1 Å². The largest absolute Gasteiger partial charge is 0.497 e. The number of sulfonamides is 5. The van der Waals surface area contributed by atoms with Crippen LogP contribution >= 0.6 is 11.8 Å². The molecule has 0 bridgehead atoms. The zero-order valence-corrected chi connectivity index (χ0v) is 92.9. The Bertz CT molecular complexity index is 8310. The highest BCUT2D eigenvalue weighted by atomic mass is 32.2. The van der Waals surface area contributed by atoms with Crippen LogP contribution in [0, 0.1) is 56.7 Å². The Labute approximate surface area is 885 Å². The molecule has 0 unspecified atom stereocenters. The van der Waals surface area contributed by atoms with Crippen molar-refractivity contribution < 1.29 is 65.8 Å². The first-order valence-electron chi connectivity index (χ1n) is 48.9. The average molecular weight is 2140 g/mol. The fraction of sp³-hybridized carbons (Fsp3) is 0.330. The van der Waals surface area contributed by atoms with Gasteiger partial charge in [0.25, 0.3) is 0 Å². The number of rotatable bonds is 32. The van der Waals surface area contributed by atoms with E-state index in [9.17, 15) is 68.4 Å². The average Bonchev–Trinajstić information content (AvgIpc) is 1.60. The van der Waals surface area contributed by atoms with Crippen molar-refractivity contribution in [2.45, 2.75) is 86.5 Å². The lowest BCUT2D eigenvalue weighted by Gasteiger charge is -2.27. The molecule has 32 nitrogen and oxygen atoms in total. The number of methoxy groups -OCH3 is 5. The second-order valence-electron chi connectivity index (χ2n) is 36.4. The molecule has 786 valence electrons. The van der Waals surface area contributed by atoms with Gasteiger partial charge < -0.3 is 56.3 Å². The van der Waals surface area contributed by atoms with Gasteiger partial charge in [-0.05, 0) is 216 Å². The highest BCUT2D eigenvalue weighted by molar-refractivity contribution is 7.99. The molecule has 7 heterocycles. The summed E-state index contributed by atoms with van der Waals surface area (Å²) in [4.78, 5) is 4.42. The number of nitriles is 5. The van der Waals surface area contributed by atoms with Crippen LogP contribution in [-0.2, 0) is 76.8 Å². The number of hydrogen-bond donors (Lipinski definition) is 0. The monoisotopic (exact) mass is 2140 g/mol. The van der Waals surface area contributed by atoms with Gasteiger partial charge in [-0.1, -0.05) is 67.6 Å². The van der Waals surface area contributed by atoms with Crippen molar-refractivity contribution >= 4 is 145 Å². The first-order valence-corrected chi connectivity index (χ1v) is 58.6. The van der Waals surface area contributed by atoms with E-state index in [1.807, 2.05) is 213 Å². The molecule has 0 aliphatic carbocycles. The number of aromatic nitrogens is 5. The standard InChI is InChI=1S/C25H30N4O3S2.C25H30N4O3S.2C21H23N3O3S.C20H21N3O3S/c1-4-29-24-17-21(32-3)9-10-22(24)23(18-26)25(29)19-5-7-20(8-6-19)27(2)34(30,31)16-13-28-11-14-33-15-12-28;1-4-29-24-17-21(32-3)11-12-22(24)23(18-26)25(29)19-7-9-20(10-8-19)27(2)33(30,31)16-15-28-13-5-6-14-28;1-14(2)24-20-12-17(27-4)10-11-18(20)19(13-22)21(24)15-6-8-16(9-7-15)23(3)28(5,25)26;1-5-12-24-20-13-17(27-3)10-11-18(20)19(14-22)21(24)15-6-8-16(9-7-15)23(2)28(4,25)26;1-5-27(24,25)23(3)15-8-6-14(7-9-15)20-18(13-21)17-11-10-16(26-4)12-19(17)22(20)2/h5-10,17H,4,11-16H2,1-3H3;7-12,17H,4-6,13-16H2,1-3H3;6-12,14H,1-5H3;6-11,13H,5,12H2,1-4H3;6-12H,5H2,1-4H3. The Morgan fingerprint density at radius 3 is 0.907 bits per heavy atom. The van der Waals surface area contributed by atoms with Gasteiger partial charge in [0.2, 0.25) is 50.1 Å². The van der Waals surface area contributed by atoms with Crippen LogP contribution in [0.2, 0.25) is 0 Å². The number of ether oxygens (including phenoxy) is 5. The predicted molar refractivity (Wildman–Crippen MR) is 604 cm³/mol.